The minimum Gasteiger partial charge on any atom is -0.387 e. The summed E-state index contributed by atoms with van der Waals surface area (Å²) >= 11 is 1.45. The fourth-order valence-electron chi connectivity index (χ4n) is 2.30. The van der Waals surface area contributed by atoms with E-state index in [9.17, 15) is 5.11 Å². The predicted molar refractivity (Wildman–Crippen MR) is 76.3 cm³/mol. The standard InChI is InChI=1S/C13H17N3O2S/c14-13-15-10-2-1-9(7-12(10)19-13)11(17)8-16-3-5-18-6-4-16/h1-2,7,11,17H,3-6,8H2,(H2,14,15)/t11-/m0/s1. The molecule has 1 saturated heterocycles. The Hall–Kier alpha value is -1.21. The number of thiazole rings is 1. The summed E-state index contributed by atoms with van der Waals surface area (Å²) in [7, 11) is 0. The van der Waals surface area contributed by atoms with Crippen LogP contribution < -0.4 is 5.73 Å². The number of β-amino-alcohol motifs (C(OH)–C–C–N with tert-alkyl or cyclic N) is 1. The molecule has 5 nitrogen and oxygen atoms in total. The molecule has 2 heterocycles. The fraction of sp³-hybridized carbons (Fsp3) is 0.462. The number of aliphatic hydroxyl groups excluding tert-OH is 1. The summed E-state index contributed by atoms with van der Waals surface area (Å²) in [5.74, 6) is 0. The number of anilines is 1. The topological polar surface area (TPSA) is 71.6 Å². The van der Waals surface area contributed by atoms with Gasteiger partial charge < -0.3 is 15.6 Å². The molecule has 2 aromatic rings. The highest BCUT2D eigenvalue weighted by molar-refractivity contribution is 7.22. The van der Waals surface area contributed by atoms with E-state index >= 15 is 0 Å². The van der Waals surface area contributed by atoms with Gasteiger partial charge in [0.05, 0.1) is 29.5 Å². The zero-order valence-corrected chi connectivity index (χ0v) is 11.4. The number of nitrogen functional groups attached to an aromatic ring is 1. The Balaban J connectivity index is 1.74. The van der Waals surface area contributed by atoms with Crippen molar-refractivity contribution in [3.63, 3.8) is 0 Å². The first kappa shape index (κ1) is 12.8. The van der Waals surface area contributed by atoms with E-state index < -0.39 is 6.10 Å². The van der Waals surface area contributed by atoms with E-state index in [0.29, 0.717) is 11.7 Å². The lowest BCUT2D eigenvalue weighted by Crippen LogP contribution is -2.38. The zero-order chi connectivity index (χ0) is 13.2. The SMILES string of the molecule is Nc1nc2ccc([C@@H](O)CN3CCOCC3)cc2s1. The van der Waals surface area contributed by atoms with Crippen LogP contribution in [0.3, 0.4) is 0 Å². The van der Waals surface area contributed by atoms with Gasteiger partial charge in [-0.2, -0.15) is 0 Å². The van der Waals surface area contributed by atoms with Gasteiger partial charge in [0.1, 0.15) is 0 Å². The summed E-state index contributed by atoms with van der Waals surface area (Å²) in [4.78, 5) is 6.44. The molecule has 6 heteroatoms. The Bertz CT molecular complexity index is 566. The van der Waals surface area contributed by atoms with Crippen molar-refractivity contribution < 1.29 is 9.84 Å². The van der Waals surface area contributed by atoms with Crippen LogP contribution in [0.4, 0.5) is 5.13 Å². The van der Waals surface area contributed by atoms with E-state index in [4.69, 9.17) is 10.5 Å². The van der Waals surface area contributed by atoms with Crippen molar-refractivity contribution in [1.29, 1.82) is 0 Å². The van der Waals surface area contributed by atoms with Crippen LogP contribution in [0.5, 0.6) is 0 Å². The van der Waals surface area contributed by atoms with Gasteiger partial charge in [0.2, 0.25) is 0 Å². The molecular weight excluding hydrogens is 262 g/mol. The highest BCUT2D eigenvalue weighted by Gasteiger charge is 2.16. The third-order valence-electron chi connectivity index (χ3n) is 3.35. The number of aliphatic hydroxyl groups is 1. The molecule has 1 aromatic heterocycles. The van der Waals surface area contributed by atoms with E-state index in [-0.39, 0.29) is 0 Å². The number of morpholine rings is 1. The molecule has 0 saturated carbocycles. The van der Waals surface area contributed by atoms with Crippen molar-refractivity contribution in [3.05, 3.63) is 23.8 Å². The van der Waals surface area contributed by atoms with Crippen molar-refractivity contribution in [2.45, 2.75) is 6.10 Å². The maximum atomic E-state index is 10.3. The molecule has 0 aliphatic carbocycles. The minimum absolute atomic E-state index is 0.481. The maximum absolute atomic E-state index is 10.3. The molecule has 1 aliphatic heterocycles. The van der Waals surface area contributed by atoms with Gasteiger partial charge in [-0.15, -0.1) is 0 Å². The summed E-state index contributed by atoms with van der Waals surface area (Å²) < 4.78 is 6.33. The van der Waals surface area contributed by atoms with Gasteiger partial charge in [-0.05, 0) is 17.7 Å². The molecule has 1 aromatic carbocycles. The van der Waals surface area contributed by atoms with Crippen LogP contribution >= 0.6 is 11.3 Å². The Morgan fingerprint density at radius 3 is 3.00 bits per heavy atom. The number of ether oxygens (including phenoxy) is 1. The van der Waals surface area contributed by atoms with E-state index in [1.165, 1.54) is 11.3 Å². The Morgan fingerprint density at radius 2 is 2.21 bits per heavy atom. The lowest BCUT2D eigenvalue weighted by atomic mass is 10.1. The maximum Gasteiger partial charge on any atom is 0.181 e. The van der Waals surface area contributed by atoms with Gasteiger partial charge in [0, 0.05) is 19.6 Å². The van der Waals surface area contributed by atoms with Crippen molar-refractivity contribution in [2.24, 2.45) is 0 Å². The lowest BCUT2D eigenvalue weighted by molar-refractivity contribution is 0.0143. The number of nitrogens with two attached hydrogens (primary N) is 1. The second-order valence-electron chi connectivity index (χ2n) is 4.71. The zero-order valence-electron chi connectivity index (χ0n) is 10.6. The largest absolute Gasteiger partial charge is 0.387 e. The first-order valence-corrected chi connectivity index (χ1v) is 7.18. The van der Waals surface area contributed by atoms with Crippen molar-refractivity contribution in [3.8, 4) is 0 Å². The molecule has 19 heavy (non-hydrogen) atoms. The van der Waals surface area contributed by atoms with E-state index in [1.54, 1.807) is 0 Å². The third-order valence-corrected chi connectivity index (χ3v) is 4.20. The summed E-state index contributed by atoms with van der Waals surface area (Å²) in [5, 5.41) is 10.9. The highest BCUT2D eigenvalue weighted by Crippen LogP contribution is 2.27. The van der Waals surface area contributed by atoms with Crippen LogP contribution in [0.2, 0.25) is 0 Å². The molecule has 0 bridgehead atoms. The summed E-state index contributed by atoms with van der Waals surface area (Å²) in [6.07, 6.45) is -0.481. The molecule has 0 radical (unpaired) electrons. The van der Waals surface area contributed by atoms with Gasteiger partial charge in [-0.1, -0.05) is 17.4 Å². The number of hydrogen-bond acceptors (Lipinski definition) is 6. The summed E-state index contributed by atoms with van der Waals surface area (Å²) in [5.41, 5.74) is 7.50. The number of hydrogen-bond donors (Lipinski definition) is 2. The van der Waals surface area contributed by atoms with Gasteiger partial charge in [-0.3, -0.25) is 4.90 Å². The van der Waals surface area contributed by atoms with E-state index in [1.807, 2.05) is 18.2 Å². The van der Waals surface area contributed by atoms with Crippen LogP contribution in [0.1, 0.15) is 11.7 Å². The first-order chi connectivity index (χ1) is 9.22. The van der Waals surface area contributed by atoms with Crippen LogP contribution in [-0.2, 0) is 4.74 Å². The Morgan fingerprint density at radius 1 is 1.42 bits per heavy atom. The Kier molecular flexibility index (Phi) is 3.65. The lowest BCUT2D eigenvalue weighted by Gasteiger charge is -2.28. The van der Waals surface area contributed by atoms with Crippen LogP contribution in [0, 0.1) is 0 Å². The van der Waals surface area contributed by atoms with Gasteiger partial charge >= 0.3 is 0 Å². The number of benzene rings is 1. The number of rotatable bonds is 3. The molecule has 1 fully saturated rings. The third kappa shape index (κ3) is 2.87. The van der Waals surface area contributed by atoms with Gasteiger partial charge in [-0.25, -0.2) is 4.98 Å². The van der Waals surface area contributed by atoms with Crippen molar-refractivity contribution in [1.82, 2.24) is 9.88 Å². The average molecular weight is 279 g/mol. The first-order valence-electron chi connectivity index (χ1n) is 6.36. The molecule has 1 atom stereocenters. The van der Waals surface area contributed by atoms with Crippen LogP contribution in [0.15, 0.2) is 18.2 Å². The average Bonchev–Trinajstić information content (AvgIpc) is 2.78. The van der Waals surface area contributed by atoms with Gasteiger partial charge in [0.25, 0.3) is 0 Å². The molecule has 3 rings (SSSR count). The number of nitrogens with zero attached hydrogens (tertiary/aromatic N) is 2. The smallest absolute Gasteiger partial charge is 0.181 e. The fourth-order valence-corrected chi connectivity index (χ4v) is 3.08. The van der Waals surface area contributed by atoms with Crippen LogP contribution in [0.25, 0.3) is 10.2 Å². The summed E-state index contributed by atoms with van der Waals surface area (Å²) in [6.45, 7) is 3.90. The second-order valence-corrected chi connectivity index (χ2v) is 5.77. The molecule has 102 valence electrons. The molecule has 0 amide bonds. The molecular formula is C13H17N3O2S. The molecule has 0 unspecified atom stereocenters. The Labute approximate surface area is 115 Å². The minimum atomic E-state index is -0.481. The van der Waals surface area contributed by atoms with Crippen molar-refractivity contribution >= 4 is 26.7 Å². The molecule has 3 N–H and O–H groups in total. The number of fused-ring (bicyclic) bond motifs is 1. The normalized spacial score (nSPS) is 18.8. The molecule has 0 spiro atoms. The summed E-state index contributed by atoms with van der Waals surface area (Å²) in [6, 6.07) is 5.82. The molecule has 1 aliphatic rings. The second kappa shape index (κ2) is 5.42. The van der Waals surface area contributed by atoms with Gasteiger partial charge in [0.15, 0.2) is 5.13 Å². The highest BCUT2D eigenvalue weighted by atomic mass is 32.1. The predicted octanol–water partition coefficient (Wildman–Crippen LogP) is 1.24. The monoisotopic (exact) mass is 279 g/mol. The number of aromatic nitrogens is 1. The quantitative estimate of drug-likeness (QED) is 0.884. The van der Waals surface area contributed by atoms with E-state index in [0.717, 1.165) is 42.1 Å². The van der Waals surface area contributed by atoms with E-state index in [2.05, 4.69) is 9.88 Å². The van der Waals surface area contributed by atoms with Crippen LogP contribution in [-0.4, -0.2) is 47.8 Å². The van der Waals surface area contributed by atoms with Crippen molar-refractivity contribution in [2.75, 3.05) is 38.6 Å².